The van der Waals surface area contributed by atoms with E-state index in [-0.39, 0.29) is 5.25 Å². The monoisotopic (exact) mass is 204 g/mol. The third-order valence-electron chi connectivity index (χ3n) is 2.37. The third-order valence-corrected chi connectivity index (χ3v) is 3.79. The standard InChI is InChI=1S/C9H16O3S/c1-3-12-8(10)9(11)5-4-6-13-7(9)2/h7,11H,3-6H2,1-2H3. The molecule has 0 aliphatic carbocycles. The zero-order chi connectivity index (χ0) is 9.90. The molecular formula is C9H16O3S. The van der Waals surface area contributed by atoms with Crippen molar-refractivity contribution in [1.82, 2.24) is 0 Å². The maximum atomic E-state index is 11.4. The van der Waals surface area contributed by atoms with Crippen LogP contribution in [0.3, 0.4) is 0 Å². The molecule has 1 heterocycles. The first-order valence-electron chi connectivity index (χ1n) is 4.62. The Kier molecular flexibility index (Phi) is 3.62. The molecule has 76 valence electrons. The lowest BCUT2D eigenvalue weighted by Gasteiger charge is -2.34. The van der Waals surface area contributed by atoms with Gasteiger partial charge in [0.15, 0.2) is 5.60 Å². The van der Waals surface area contributed by atoms with Crippen molar-refractivity contribution in [3.63, 3.8) is 0 Å². The van der Waals surface area contributed by atoms with Crippen LogP contribution in [0.15, 0.2) is 0 Å². The maximum Gasteiger partial charge on any atom is 0.339 e. The predicted molar refractivity (Wildman–Crippen MR) is 52.7 cm³/mol. The number of carbonyl (C=O) groups excluding carboxylic acids is 1. The molecule has 13 heavy (non-hydrogen) atoms. The molecule has 4 heteroatoms. The molecule has 0 spiro atoms. The largest absolute Gasteiger partial charge is 0.464 e. The van der Waals surface area contributed by atoms with Crippen LogP contribution in [0.1, 0.15) is 26.7 Å². The molecular weight excluding hydrogens is 188 g/mol. The Bertz CT molecular complexity index is 195. The van der Waals surface area contributed by atoms with E-state index in [4.69, 9.17) is 4.74 Å². The van der Waals surface area contributed by atoms with Crippen LogP contribution >= 0.6 is 11.8 Å². The van der Waals surface area contributed by atoms with E-state index < -0.39 is 11.6 Å². The van der Waals surface area contributed by atoms with Gasteiger partial charge in [-0.05, 0) is 32.4 Å². The average molecular weight is 204 g/mol. The van der Waals surface area contributed by atoms with Crippen LogP contribution in [0.4, 0.5) is 0 Å². The van der Waals surface area contributed by atoms with Crippen molar-refractivity contribution in [1.29, 1.82) is 0 Å². The summed E-state index contributed by atoms with van der Waals surface area (Å²) in [6.07, 6.45) is 1.41. The summed E-state index contributed by atoms with van der Waals surface area (Å²) in [5, 5.41) is 9.99. The maximum absolute atomic E-state index is 11.4. The highest BCUT2D eigenvalue weighted by molar-refractivity contribution is 8.00. The first-order chi connectivity index (χ1) is 6.11. The van der Waals surface area contributed by atoms with Crippen LogP contribution in [-0.4, -0.2) is 34.3 Å². The van der Waals surface area contributed by atoms with Gasteiger partial charge >= 0.3 is 5.97 Å². The second-order valence-electron chi connectivity index (χ2n) is 3.26. The summed E-state index contributed by atoms with van der Waals surface area (Å²) >= 11 is 1.63. The van der Waals surface area contributed by atoms with Crippen molar-refractivity contribution in [2.45, 2.75) is 37.5 Å². The third kappa shape index (κ3) is 2.17. The van der Waals surface area contributed by atoms with Crippen LogP contribution in [-0.2, 0) is 9.53 Å². The van der Waals surface area contributed by atoms with E-state index >= 15 is 0 Å². The van der Waals surface area contributed by atoms with Crippen LogP contribution in [0.2, 0.25) is 0 Å². The van der Waals surface area contributed by atoms with E-state index in [1.165, 1.54) is 0 Å². The van der Waals surface area contributed by atoms with Gasteiger partial charge < -0.3 is 9.84 Å². The Balaban J connectivity index is 2.65. The lowest BCUT2D eigenvalue weighted by molar-refractivity contribution is -0.165. The molecule has 0 aromatic carbocycles. The molecule has 0 aromatic rings. The van der Waals surface area contributed by atoms with E-state index in [2.05, 4.69) is 0 Å². The summed E-state index contributed by atoms with van der Waals surface area (Å²) in [5.41, 5.74) is -1.25. The van der Waals surface area contributed by atoms with Crippen molar-refractivity contribution >= 4 is 17.7 Å². The highest BCUT2D eigenvalue weighted by Gasteiger charge is 2.44. The summed E-state index contributed by atoms with van der Waals surface area (Å²) in [6.45, 7) is 3.96. The van der Waals surface area contributed by atoms with Gasteiger partial charge in [-0.2, -0.15) is 11.8 Å². The number of carbonyl (C=O) groups is 1. The topological polar surface area (TPSA) is 46.5 Å². The van der Waals surface area contributed by atoms with Gasteiger partial charge in [0, 0.05) is 5.25 Å². The van der Waals surface area contributed by atoms with Crippen molar-refractivity contribution in [3.8, 4) is 0 Å². The van der Waals surface area contributed by atoms with E-state index in [0.29, 0.717) is 13.0 Å². The van der Waals surface area contributed by atoms with Crippen LogP contribution in [0, 0.1) is 0 Å². The van der Waals surface area contributed by atoms with Gasteiger partial charge in [-0.3, -0.25) is 0 Å². The van der Waals surface area contributed by atoms with Crippen molar-refractivity contribution < 1.29 is 14.6 Å². The molecule has 3 nitrogen and oxygen atoms in total. The van der Waals surface area contributed by atoms with Gasteiger partial charge in [0.05, 0.1) is 6.61 Å². The molecule has 0 bridgehead atoms. The zero-order valence-electron chi connectivity index (χ0n) is 8.08. The van der Waals surface area contributed by atoms with Crippen LogP contribution < -0.4 is 0 Å². The van der Waals surface area contributed by atoms with Crippen LogP contribution in [0.5, 0.6) is 0 Å². The number of thioether (sulfide) groups is 1. The minimum Gasteiger partial charge on any atom is -0.464 e. The number of esters is 1. The molecule has 1 rings (SSSR count). The van der Waals surface area contributed by atoms with Gasteiger partial charge in [-0.25, -0.2) is 4.79 Å². The lowest BCUT2D eigenvalue weighted by atomic mass is 9.94. The van der Waals surface area contributed by atoms with Crippen molar-refractivity contribution in [3.05, 3.63) is 0 Å². The van der Waals surface area contributed by atoms with Gasteiger partial charge in [0.1, 0.15) is 0 Å². The Labute approximate surface area is 82.8 Å². The summed E-state index contributed by atoms with van der Waals surface area (Å²) in [6, 6.07) is 0. The van der Waals surface area contributed by atoms with E-state index in [0.717, 1.165) is 12.2 Å². The zero-order valence-corrected chi connectivity index (χ0v) is 8.89. The molecule has 1 fully saturated rings. The minimum atomic E-state index is -1.25. The molecule has 2 unspecified atom stereocenters. The number of aliphatic hydroxyl groups is 1. The molecule has 1 aliphatic heterocycles. The van der Waals surface area contributed by atoms with Crippen molar-refractivity contribution in [2.75, 3.05) is 12.4 Å². The summed E-state index contributed by atoms with van der Waals surface area (Å²) in [7, 11) is 0. The summed E-state index contributed by atoms with van der Waals surface area (Å²) in [5.74, 6) is 0.554. The average Bonchev–Trinajstić information content (AvgIpc) is 2.11. The van der Waals surface area contributed by atoms with E-state index in [1.54, 1.807) is 18.7 Å². The Morgan fingerprint density at radius 2 is 2.46 bits per heavy atom. The van der Waals surface area contributed by atoms with Gasteiger partial charge in [0.2, 0.25) is 0 Å². The highest BCUT2D eigenvalue weighted by atomic mass is 32.2. The molecule has 0 saturated carbocycles. The second kappa shape index (κ2) is 4.33. The fourth-order valence-corrected chi connectivity index (χ4v) is 2.62. The van der Waals surface area contributed by atoms with E-state index in [1.807, 2.05) is 6.92 Å². The molecule has 1 aliphatic rings. The Hall–Kier alpha value is -0.220. The quantitative estimate of drug-likeness (QED) is 0.686. The SMILES string of the molecule is CCOC(=O)C1(O)CCCSC1C. The number of ether oxygens (including phenoxy) is 1. The summed E-state index contributed by atoms with van der Waals surface area (Å²) in [4.78, 5) is 11.4. The first-order valence-corrected chi connectivity index (χ1v) is 5.67. The lowest BCUT2D eigenvalue weighted by Crippen LogP contribution is -2.49. The first kappa shape index (κ1) is 10.9. The predicted octanol–water partition coefficient (Wildman–Crippen LogP) is 1.20. The Morgan fingerprint density at radius 1 is 1.77 bits per heavy atom. The number of hydrogen-bond acceptors (Lipinski definition) is 4. The molecule has 1 saturated heterocycles. The molecule has 2 atom stereocenters. The fraction of sp³-hybridized carbons (Fsp3) is 0.889. The Morgan fingerprint density at radius 3 is 3.00 bits per heavy atom. The number of rotatable bonds is 2. The second-order valence-corrected chi connectivity index (χ2v) is 4.71. The number of hydrogen-bond donors (Lipinski definition) is 1. The van der Waals surface area contributed by atoms with Gasteiger partial charge in [-0.1, -0.05) is 0 Å². The smallest absolute Gasteiger partial charge is 0.339 e. The highest BCUT2D eigenvalue weighted by Crippen LogP contribution is 2.34. The van der Waals surface area contributed by atoms with Gasteiger partial charge in [-0.15, -0.1) is 0 Å². The fourth-order valence-electron chi connectivity index (χ4n) is 1.47. The molecule has 0 radical (unpaired) electrons. The molecule has 0 amide bonds. The van der Waals surface area contributed by atoms with Crippen LogP contribution in [0.25, 0.3) is 0 Å². The van der Waals surface area contributed by atoms with E-state index in [9.17, 15) is 9.90 Å². The minimum absolute atomic E-state index is 0.0553. The molecule has 1 N–H and O–H groups in total. The molecule has 0 aromatic heterocycles. The van der Waals surface area contributed by atoms with Crippen molar-refractivity contribution in [2.24, 2.45) is 0 Å². The summed E-state index contributed by atoms with van der Waals surface area (Å²) < 4.78 is 4.85. The normalized spacial score (nSPS) is 34.2. The van der Waals surface area contributed by atoms with Gasteiger partial charge in [0.25, 0.3) is 0 Å².